The minimum Gasteiger partial charge on any atom is -0.462 e. The minimum atomic E-state index is -5.01. The third-order valence-corrected chi connectivity index (χ3v) is 16.9. The maximum atomic E-state index is 13.1. The third kappa shape index (κ3) is 71.1. The van der Waals surface area contributed by atoms with E-state index in [0.29, 0.717) is 25.7 Å². The Bertz CT molecular complexity index is 2520. The number of ether oxygens (including phenoxy) is 4. The number of esters is 4. The fourth-order valence-corrected chi connectivity index (χ4v) is 10.9. The zero-order valence-corrected chi connectivity index (χ0v) is 63.6. The van der Waals surface area contributed by atoms with Crippen molar-refractivity contribution in [3.63, 3.8) is 0 Å². The summed E-state index contributed by atoms with van der Waals surface area (Å²) in [5.41, 5.74) is 0. The molecule has 0 radical (unpaired) electrons. The molecule has 0 fully saturated rings. The van der Waals surface area contributed by atoms with Gasteiger partial charge in [-0.2, -0.15) is 0 Å². The molecule has 0 saturated carbocycles. The van der Waals surface area contributed by atoms with Crippen molar-refractivity contribution in [2.45, 2.75) is 290 Å². The summed E-state index contributed by atoms with van der Waals surface area (Å²) in [5.74, 6) is -2.39. The molecule has 0 aliphatic heterocycles. The van der Waals surface area contributed by atoms with Crippen LogP contribution in [0, 0.1) is 0 Å². The van der Waals surface area contributed by atoms with E-state index in [4.69, 9.17) is 37.0 Å². The Morgan fingerprint density at radius 2 is 0.580 bits per heavy atom. The lowest BCUT2D eigenvalue weighted by Crippen LogP contribution is -2.30. The maximum Gasteiger partial charge on any atom is 0.472 e. The summed E-state index contributed by atoms with van der Waals surface area (Å²) < 4.78 is 68.3. The predicted molar refractivity (Wildman–Crippen MR) is 408 cm³/mol. The van der Waals surface area contributed by atoms with Gasteiger partial charge in [0.15, 0.2) is 12.2 Å². The van der Waals surface area contributed by atoms with E-state index in [2.05, 4.69) is 161 Å². The number of unbranched alkanes of at least 4 members (excludes halogenated alkanes) is 18. The molecule has 0 aromatic rings. The van der Waals surface area contributed by atoms with E-state index in [1.54, 1.807) is 12.2 Å². The van der Waals surface area contributed by atoms with Crippen molar-refractivity contribution in [2.75, 3.05) is 39.6 Å². The van der Waals surface area contributed by atoms with Crippen LogP contribution in [0.3, 0.4) is 0 Å². The van der Waals surface area contributed by atoms with Crippen molar-refractivity contribution >= 4 is 39.5 Å². The summed E-state index contributed by atoms with van der Waals surface area (Å²) >= 11 is 0. The summed E-state index contributed by atoms with van der Waals surface area (Å²) in [7, 11) is -10.0. The molecule has 5 unspecified atom stereocenters. The van der Waals surface area contributed by atoms with E-state index in [9.17, 15) is 43.2 Å². The summed E-state index contributed by atoms with van der Waals surface area (Å²) in [5, 5.41) is 10.6. The molecule has 0 aliphatic rings. The fourth-order valence-electron chi connectivity index (χ4n) is 9.29. The predicted octanol–water partition coefficient (Wildman–Crippen LogP) is 21.7. The van der Waals surface area contributed by atoms with Gasteiger partial charge in [0.05, 0.1) is 32.8 Å². The van der Waals surface area contributed by atoms with Crippen molar-refractivity contribution < 1.29 is 80.2 Å². The Labute approximate surface area is 604 Å². The average molecular weight is 1440 g/mol. The summed E-state index contributed by atoms with van der Waals surface area (Å²) in [4.78, 5) is 72.8. The molecule has 0 saturated heterocycles. The first kappa shape index (κ1) is 94.7. The van der Waals surface area contributed by atoms with E-state index < -0.39 is 97.5 Å². The standard InChI is InChI=1S/C81H132O17P2/c1-5-9-13-17-21-25-29-33-36-37-40-43-46-50-54-58-62-66-79(84)92-72-77(98-81(86)68-64-60-56-52-48-44-39-35-31-27-23-19-15-11-7-3)74-96-100(89,90)94-70-75(82)69-93-99(87,88)95-73-76(97-80(85)67-63-59-55-51-47-41-32-28-24-20-16-12-8-4)71-91-78(83)65-61-57-53-49-45-42-38-34-30-26-22-18-14-10-6-2/h9,11,13,15-16,20-23,25-28,32-36,38-40,43,48,52,60,64,75-77,82H,5-8,10,12,14,17-19,24,29-31,37,41-42,44-47,49-51,53-59,61-63,65-74H2,1-4H3,(H,87,88)(H,89,90)/b13-9-,15-11-,20-16-,25-21-,26-22-,27-23-,32-28-,36-33-,38-34-,39-35-,43-40-,52-48-,64-60-. The zero-order chi connectivity index (χ0) is 73.2. The number of rotatable bonds is 69. The van der Waals surface area contributed by atoms with Gasteiger partial charge in [0.1, 0.15) is 19.3 Å². The number of phosphoric acid groups is 2. The average Bonchev–Trinajstić information content (AvgIpc) is 0.932. The highest BCUT2D eigenvalue weighted by Gasteiger charge is 2.30. The molecule has 0 heterocycles. The van der Waals surface area contributed by atoms with Gasteiger partial charge in [-0.05, 0) is 148 Å². The molecule has 0 amide bonds. The molecule has 0 aliphatic carbocycles. The Morgan fingerprint density at radius 3 is 0.930 bits per heavy atom. The van der Waals surface area contributed by atoms with Gasteiger partial charge in [-0.3, -0.25) is 37.3 Å². The highest BCUT2D eigenvalue weighted by atomic mass is 31.2. The van der Waals surface area contributed by atoms with E-state index in [0.717, 1.165) is 173 Å². The number of aliphatic hydroxyl groups is 1. The lowest BCUT2D eigenvalue weighted by Gasteiger charge is -2.21. The van der Waals surface area contributed by atoms with Gasteiger partial charge in [-0.25, -0.2) is 9.13 Å². The molecule has 0 spiro atoms. The first-order valence-electron chi connectivity index (χ1n) is 37.7. The van der Waals surface area contributed by atoms with Gasteiger partial charge in [0.25, 0.3) is 0 Å². The zero-order valence-electron chi connectivity index (χ0n) is 61.8. The Balaban J connectivity index is 5.47. The SMILES string of the molecule is CC/C=C\C/C=C\C/C=C\C/C=C\C/C=C\CC(=O)OC(COC(=O)CCCCCC/C=C\C/C=C\C/C=C\C/C=C\CC)COP(=O)(O)OCC(O)COP(=O)(O)OCC(COC(=O)CCCCCCC/C=C\C/C=C\CCCCC)OC(=O)CCCCCCC/C=C\C/C=C\CCC. The normalized spacial score (nSPS) is 14.8. The number of carbonyl (C=O) groups excluding carboxylic acids is 4. The topological polar surface area (TPSA) is 237 Å². The van der Waals surface area contributed by atoms with Gasteiger partial charge in [0, 0.05) is 19.3 Å². The smallest absolute Gasteiger partial charge is 0.462 e. The molecule has 568 valence electrons. The van der Waals surface area contributed by atoms with Crippen LogP contribution >= 0.6 is 15.6 Å². The molecule has 17 nitrogen and oxygen atoms in total. The Hall–Kier alpha value is -5.32. The molecule has 5 atom stereocenters. The number of phosphoric ester groups is 2. The fraction of sp³-hybridized carbons (Fsp3) is 0.630. The summed E-state index contributed by atoms with van der Waals surface area (Å²) in [6.07, 6.45) is 82.7. The number of allylic oxidation sites excluding steroid dienone is 25. The van der Waals surface area contributed by atoms with Gasteiger partial charge in [0.2, 0.25) is 0 Å². The lowest BCUT2D eigenvalue weighted by molar-refractivity contribution is -0.161. The van der Waals surface area contributed by atoms with E-state index in [1.807, 2.05) is 12.2 Å². The first-order valence-corrected chi connectivity index (χ1v) is 40.7. The second-order valence-corrected chi connectivity index (χ2v) is 27.4. The molecule has 3 N–H and O–H groups in total. The van der Waals surface area contributed by atoms with E-state index in [-0.39, 0.29) is 25.7 Å². The van der Waals surface area contributed by atoms with Crippen LogP contribution in [0.25, 0.3) is 0 Å². The van der Waals surface area contributed by atoms with Gasteiger partial charge >= 0.3 is 39.5 Å². The van der Waals surface area contributed by atoms with Gasteiger partial charge < -0.3 is 33.8 Å². The number of hydrogen-bond donors (Lipinski definition) is 3. The van der Waals surface area contributed by atoms with Crippen molar-refractivity contribution in [1.29, 1.82) is 0 Å². The van der Waals surface area contributed by atoms with Crippen LogP contribution in [0.2, 0.25) is 0 Å². The van der Waals surface area contributed by atoms with Crippen LogP contribution in [0.5, 0.6) is 0 Å². The molecule has 0 aromatic heterocycles. The number of carbonyl (C=O) groups is 4. The van der Waals surface area contributed by atoms with Crippen molar-refractivity contribution in [2.24, 2.45) is 0 Å². The van der Waals surface area contributed by atoms with Crippen LogP contribution < -0.4 is 0 Å². The maximum absolute atomic E-state index is 13.1. The molecular weight excluding hydrogens is 1310 g/mol. The number of aliphatic hydroxyl groups excluding tert-OH is 1. The molecule has 19 heteroatoms. The molecule has 0 bridgehead atoms. The van der Waals surface area contributed by atoms with E-state index >= 15 is 0 Å². The van der Waals surface area contributed by atoms with Gasteiger partial charge in [-0.1, -0.05) is 256 Å². The molecule has 0 rings (SSSR count). The second kappa shape index (κ2) is 72.0. The van der Waals surface area contributed by atoms with Crippen LogP contribution in [0.15, 0.2) is 158 Å². The van der Waals surface area contributed by atoms with E-state index in [1.165, 1.54) is 19.3 Å². The highest BCUT2D eigenvalue weighted by Crippen LogP contribution is 2.45. The minimum absolute atomic E-state index is 0.0681. The quantitative estimate of drug-likeness (QED) is 0.0169. The molecular formula is C81H132O17P2. The number of hydrogen-bond acceptors (Lipinski definition) is 15. The highest BCUT2D eigenvalue weighted by molar-refractivity contribution is 7.47. The largest absolute Gasteiger partial charge is 0.472 e. The first-order chi connectivity index (χ1) is 48.7. The Kier molecular flexibility index (Phi) is 68.2. The monoisotopic (exact) mass is 1440 g/mol. The Morgan fingerprint density at radius 1 is 0.300 bits per heavy atom. The molecule has 0 aromatic carbocycles. The third-order valence-electron chi connectivity index (χ3n) is 15.0. The lowest BCUT2D eigenvalue weighted by atomic mass is 10.1. The molecule has 100 heavy (non-hydrogen) atoms. The second-order valence-electron chi connectivity index (χ2n) is 24.5. The summed E-state index contributed by atoms with van der Waals surface area (Å²) in [6, 6.07) is 0. The van der Waals surface area contributed by atoms with Crippen molar-refractivity contribution in [1.82, 2.24) is 0 Å². The van der Waals surface area contributed by atoms with Crippen LogP contribution in [-0.4, -0.2) is 96.7 Å². The summed E-state index contributed by atoms with van der Waals surface area (Å²) in [6.45, 7) is 4.35. The van der Waals surface area contributed by atoms with Crippen LogP contribution in [-0.2, 0) is 65.4 Å². The van der Waals surface area contributed by atoms with Crippen LogP contribution in [0.4, 0.5) is 0 Å². The van der Waals surface area contributed by atoms with Gasteiger partial charge in [-0.15, -0.1) is 0 Å². The van der Waals surface area contributed by atoms with Crippen molar-refractivity contribution in [3.8, 4) is 0 Å². The van der Waals surface area contributed by atoms with Crippen molar-refractivity contribution in [3.05, 3.63) is 158 Å². The van der Waals surface area contributed by atoms with Crippen LogP contribution in [0.1, 0.15) is 272 Å².